The Morgan fingerprint density at radius 2 is 1.83 bits per heavy atom. The highest BCUT2D eigenvalue weighted by Crippen LogP contribution is 2.36. The first-order valence-corrected chi connectivity index (χ1v) is 7.97. The molecule has 0 atom stereocenters. The van der Waals surface area contributed by atoms with Crippen molar-refractivity contribution in [1.82, 2.24) is 5.32 Å². The number of benzene rings is 2. The molecule has 4 nitrogen and oxygen atoms in total. The Balaban J connectivity index is 1.89. The van der Waals surface area contributed by atoms with Crippen LogP contribution in [-0.4, -0.2) is 24.2 Å². The summed E-state index contributed by atoms with van der Waals surface area (Å²) in [5.41, 5.74) is 0.704. The molecule has 0 unspecified atom stereocenters. The van der Waals surface area contributed by atoms with E-state index in [9.17, 15) is 9.90 Å². The van der Waals surface area contributed by atoms with Crippen LogP contribution in [-0.2, 0) is 10.3 Å². The van der Waals surface area contributed by atoms with Crippen molar-refractivity contribution in [3.05, 3.63) is 64.7 Å². The molecule has 1 aliphatic heterocycles. The SMILES string of the molecule is O=C(OC1(c2ccccc2)CCNCC1)c1ccc(O)c(Cl)c1. The number of piperidine rings is 1. The molecule has 120 valence electrons. The number of nitrogens with one attached hydrogen (secondary N) is 1. The molecule has 2 aromatic carbocycles. The number of carbonyl (C=O) groups excluding carboxylic acids is 1. The Hall–Kier alpha value is -2.04. The maximum atomic E-state index is 12.6. The Morgan fingerprint density at radius 3 is 2.48 bits per heavy atom. The monoisotopic (exact) mass is 331 g/mol. The lowest BCUT2D eigenvalue weighted by Crippen LogP contribution is -2.43. The van der Waals surface area contributed by atoms with E-state index in [0.29, 0.717) is 18.4 Å². The minimum atomic E-state index is -0.631. The molecule has 2 aromatic rings. The smallest absolute Gasteiger partial charge is 0.339 e. The maximum absolute atomic E-state index is 12.6. The Labute approximate surface area is 140 Å². The summed E-state index contributed by atoms with van der Waals surface area (Å²) in [6.45, 7) is 1.58. The van der Waals surface area contributed by atoms with E-state index < -0.39 is 11.6 Å². The first-order chi connectivity index (χ1) is 11.1. The molecular weight excluding hydrogens is 314 g/mol. The van der Waals surface area contributed by atoms with E-state index in [0.717, 1.165) is 18.7 Å². The van der Waals surface area contributed by atoms with E-state index >= 15 is 0 Å². The zero-order chi connectivity index (χ0) is 16.3. The van der Waals surface area contributed by atoms with Gasteiger partial charge in [-0.05, 0) is 36.9 Å². The summed E-state index contributed by atoms with van der Waals surface area (Å²) in [5, 5.41) is 12.9. The van der Waals surface area contributed by atoms with Crippen LogP contribution in [0.15, 0.2) is 48.5 Å². The highest BCUT2D eigenvalue weighted by Gasteiger charge is 2.38. The molecule has 0 spiro atoms. The second kappa shape index (κ2) is 6.60. The molecule has 0 radical (unpaired) electrons. The largest absolute Gasteiger partial charge is 0.506 e. The van der Waals surface area contributed by atoms with E-state index in [2.05, 4.69) is 5.32 Å². The summed E-state index contributed by atoms with van der Waals surface area (Å²) in [4.78, 5) is 12.6. The van der Waals surface area contributed by atoms with Crippen LogP contribution in [0.25, 0.3) is 0 Å². The molecule has 2 N–H and O–H groups in total. The quantitative estimate of drug-likeness (QED) is 0.845. The summed E-state index contributed by atoms with van der Waals surface area (Å²) < 4.78 is 5.93. The van der Waals surface area contributed by atoms with Gasteiger partial charge in [-0.15, -0.1) is 0 Å². The third-order valence-electron chi connectivity index (χ3n) is 4.18. The highest BCUT2D eigenvalue weighted by molar-refractivity contribution is 6.32. The zero-order valence-corrected chi connectivity index (χ0v) is 13.3. The van der Waals surface area contributed by atoms with Gasteiger partial charge >= 0.3 is 5.97 Å². The minimum Gasteiger partial charge on any atom is -0.506 e. The molecule has 3 rings (SSSR count). The second-order valence-corrected chi connectivity index (χ2v) is 6.07. The van der Waals surface area contributed by atoms with Gasteiger partial charge in [0.25, 0.3) is 0 Å². The third kappa shape index (κ3) is 3.33. The summed E-state index contributed by atoms with van der Waals surface area (Å²) in [6, 6.07) is 14.2. The lowest BCUT2D eigenvalue weighted by molar-refractivity contribution is -0.0378. The van der Waals surface area contributed by atoms with Crippen LogP contribution in [0.1, 0.15) is 28.8 Å². The Morgan fingerprint density at radius 1 is 1.13 bits per heavy atom. The van der Waals surface area contributed by atoms with Gasteiger partial charge in [0.15, 0.2) is 0 Å². The van der Waals surface area contributed by atoms with E-state index in [1.165, 1.54) is 18.2 Å². The maximum Gasteiger partial charge on any atom is 0.339 e. The fourth-order valence-corrected chi connectivity index (χ4v) is 3.07. The van der Waals surface area contributed by atoms with Crippen LogP contribution in [0.2, 0.25) is 5.02 Å². The van der Waals surface area contributed by atoms with Crippen LogP contribution in [0, 0.1) is 0 Å². The summed E-state index contributed by atoms with van der Waals surface area (Å²) in [6.07, 6.45) is 1.43. The average Bonchev–Trinajstić information content (AvgIpc) is 2.59. The summed E-state index contributed by atoms with van der Waals surface area (Å²) in [7, 11) is 0. The first-order valence-electron chi connectivity index (χ1n) is 7.59. The van der Waals surface area contributed by atoms with E-state index in [-0.39, 0.29) is 10.8 Å². The number of carbonyl (C=O) groups is 1. The molecule has 1 heterocycles. The molecule has 0 saturated carbocycles. The van der Waals surface area contributed by atoms with Crippen LogP contribution >= 0.6 is 11.6 Å². The summed E-state index contributed by atoms with van der Waals surface area (Å²) >= 11 is 5.88. The van der Waals surface area contributed by atoms with Crippen molar-refractivity contribution in [3.63, 3.8) is 0 Å². The van der Waals surface area contributed by atoms with Crippen molar-refractivity contribution in [2.75, 3.05) is 13.1 Å². The number of halogens is 1. The van der Waals surface area contributed by atoms with Crippen molar-refractivity contribution in [1.29, 1.82) is 0 Å². The molecule has 0 amide bonds. The molecule has 0 aliphatic carbocycles. The van der Waals surface area contributed by atoms with Gasteiger partial charge in [0, 0.05) is 12.8 Å². The van der Waals surface area contributed by atoms with Gasteiger partial charge in [-0.2, -0.15) is 0 Å². The second-order valence-electron chi connectivity index (χ2n) is 5.67. The van der Waals surface area contributed by atoms with Gasteiger partial charge < -0.3 is 15.2 Å². The van der Waals surface area contributed by atoms with Gasteiger partial charge in [0.2, 0.25) is 0 Å². The van der Waals surface area contributed by atoms with Crippen LogP contribution in [0.5, 0.6) is 5.75 Å². The number of hydrogen-bond acceptors (Lipinski definition) is 4. The van der Waals surface area contributed by atoms with Gasteiger partial charge in [0.05, 0.1) is 10.6 Å². The van der Waals surface area contributed by atoms with Crippen molar-refractivity contribution < 1.29 is 14.6 Å². The van der Waals surface area contributed by atoms with Gasteiger partial charge in [-0.25, -0.2) is 4.79 Å². The number of phenolic OH excluding ortho intramolecular Hbond substituents is 1. The Kier molecular flexibility index (Phi) is 4.55. The van der Waals surface area contributed by atoms with E-state index in [4.69, 9.17) is 16.3 Å². The topological polar surface area (TPSA) is 58.6 Å². The molecule has 0 aromatic heterocycles. The molecular formula is C18H18ClNO3. The fraction of sp³-hybridized carbons (Fsp3) is 0.278. The molecule has 1 fully saturated rings. The Bertz CT molecular complexity index is 697. The van der Waals surface area contributed by atoms with Gasteiger partial charge in [-0.1, -0.05) is 41.9 Å². The summed E-state index contributed by atoms with van der Waals surface area (Å²) in [5.74, 6) is -0.486. The lowest BCUT2D eigenvalue weighted by atomic mass is 9.84. The van der Waals surface area contributed by atoms with Crippen molar-refractivity contribution in [2.45, 2.75) is 18.4 Å². The first kappa shape index (κ1) is 15.8. The number of ether oxygens (including phenoxy) is 1. The van der Waals surface area contributed by atoms with Gasteiger partial charge in [0.1, 0.15) is 11.4 Å². The number of esters is 1. The van der Waals surface area contributed by atoms with Crippen molar-refractivity contribution in [2.24, 2.45) is 0 Å². The van der Waals surface area contributed by atoms with Gasteiger partial charge in [-0.3, -0.25) is 0 Å². The number of rotatable bonds is 3. The zero-order valence-electron chi connectivity index (χ0n) is 12.6. The predicted molar refractivity (Wildman–Crippen MR) is 88.8 cm³/mol. The molecule has 23 heavy (non-hydrogen) atoms. The fourth-order valence-electron chi connectivity index (χ4n) is 2.89. The highest BCUT2D eigenvalue weighted by atomic mass is 35.5. The van der Waals surface area contributed by atoms with E-state index in [1.54, 1.807) is 0 Å². The molecule has 1 saturated heterocycles. The van der Waals surface area contributed by atoms with Crippen molar-refractivity contribution in [3.8, 4) is 5.75 Å². The standard InChI is InChI=1S/C18H18ClNO3/c19-15-12-13(6-7-16(15)21)17(22)23-18(8-10-20-11-9-18)14-4-2-1-3-5-14/h1-7,12,20-21H,8-11H2. The van der Waals surface area contributed by atoms with Crippen LogP contribution < -0.4 is 5.32 Å². The molecule has 0 bridgehead atoms. The minimum absolute atomic E-state index is 0.0529. The molecule has 1 aliphatic rings. The average molecular weight is 332 g/mol. The number of hydrogen-bond donors (Lipinski definition) is 2. The molecule has 5 heteroatoms. The van der Waals surface area contributed by atoms with Crippen LogP contribution in [0.3, 0.4) is 0 Å². The predicted octanol–water partition coefficient (Wildman–Crippen LogP) is 3.48. The number of aromatic hydroxyl groups is 1. The van der Waals surface area contributed by atoms with Crippen LogP contribution in [0.4, 0.5) is 0 Å². The lowest BCUT2D eigenvalue weighted by Gasteiger charge is -2.37. The third-order valence-corrected chi connectivity index (χ3v) is 4.49. The number of phenols is 1. The van der Waals surface area contributed by atoms with E-state index in [1.807, 2.05) is 30.3 Å². The normalized spacial score (nSPS) is 16.7. The van der Waals surface area contributed by atoms with Crippen molar-refractivity contribution >= 4 is 17.6 Å².